The van der Waals surface area contributed by atoms with Crippen molar-refractivity contribution < 1.29 is 4.42 Å². The van der Waals surface area contributed by atoms with Crippen LogP contribution in [-0.2, 0) is 7.05 Å². The van der Waals surface area contributed by atoms with Crippen molar-refractivity contribution in [1.82, 2.24) is 9.55 Å². The van der Waals surface area contributed by atoms with Crippen molar-refractivity contribution in [2.24, 2.45) is 7.05 Å². The van der Waals surface area contributed by atoms with E-state index >= 15 is 0 Å². The van der Waals surface area contributed by atoms with Crippen LogP contribution in [0.3, 0.4) is 0 Å². The van der Waals surface area contributed by atoms with Gasteiger partial charge in [0.1, 0.15) is 5.39 Å². The Morgan fingerprint density at radius 3 is 2.86 bits per heavy atom. The van der Waals surface area contributed by atoms with Crippen molar-refractivity contribution >= 4 is 11.1 Å². The maximum atomic E-state index is 11.6. The zero-order valence-electron chi connectivity index (χ0n) is 7.77. The fourth-order valence-corrected chi connectivity index (χ4v) is 1.21. The van der Waals surface area contributed by atoms with Gasteiger partial charge in [-0.3, -0.25) is 4.79 Å². The Bertz CT molecular complexity index is 609. The first kappa shape index (κ1) is 8.68. The summed E-state index contributed by atoms with van der Waals surface area (Å²) in [6.45, 7) is 1.82. The summed E-state index contributed by atoms with van der Waals surface area (Å²) in [5, 5.41) is 0.326. The van der Waals surface area contributed by atoms with E-state index in [0.29, 0.717) is 5.39 Å². The summed E-state index contributed by atoms with van der Waals surface area (Å²) < 4.78 is 5.74. The van der Waals surface area contributed by atoms with E-state index in [2.05, 4.69) is 4.98 Å². The molecule has 0 unspecified atom stereocenters. The molecule has 0 aliphatic rings. The molecular formula is C9H8N2O3. The Kier molecular flexibility index (Phi) is 1.73. The molecule has 2 rings (SSSR count). The van der Waals surface area contributed by atoms with E-state index in [9.17, 15) is 9.59 Å². The van der Waals surface area contributed by atoms with E-state index in [1.807, 2.05) is 6.92 Å². The van der Waals surface area contributed by atoms with Crippen LogP contribution in [0, 0.1) is 6.92 Å². The first-order valence-corrected chi connectivity index (χ1v) is 4.06. The van der Waals surface area contributed by atoms with E-state index in [0.717, 1.165) is 10.1 Å². The lowest BCUT2D eigenvalue weighted by atomic mass is 10.2. The SMILES string of the molecule is Cc1cnc2oc(=O)n(C)c(=O)c2c1. The normalized spacial score (nSPS) is 10.7. The van der Waals surface area contributed by atoms with Crippen molar-refractivity contribution in [2.45, 2.75) is 6.92 Å². The molecule has 2 heterocycles. The highest BCUT2D eigenvalue weighted by Crippen LogP contribution is 2.05. The number of aryl methyl sites for hydroxylation is 1. The number of nitrogens with zero attached hydrogens (tertiary/aromatic N) is 2. The van der Waals surface area contributed by atoms with Gasteiger partial charge in [-0.1, -0.05) is 0 Å². The molecule has 72 valence electrons. The zero-order chi connectivity index (χ0) is 10.3. The van der Waals surface area contributed by atoms with Crippen molar-refractivity contribution in [1.29, 1.82) is 0 Å². The summed E-state index contributed by atoms with van der Waals surface area (Å²) in [6, 6.07) is 1.65. The van der Waals surface area contributed by atoms with E-state index in [1.54, 1.807) is 12.3 Å². The molecule has 0 bridgehead atoms. The van der Waals surface area contributed by atoms with E-state index in [4.69, 9.17) is 4.42 Å². The largest absolute Gasteiger partial charge is 0.423 e. The van der Waals surface area contributed by atoms with Gasteiger partial charge in [0.15, 0.2) is 0 Å². The van der Waals surface area contributed by atoms with Crippen LogP contribution >= 0.6 is 0 Å². The lowest BCUT2D eigenvalue weighted by molar-refractivity contribution is 0.476. The van der Waals surface area contributed by atoms with Crippen LogP contribution in [0.25, 0.3) is 11.1 Å². The third-order valence-electron chi connectivity index (χ3n) is 1.98. The van der Waals surface area contributed by atoms with E-state index in [1.165, 1.54) is 7.05 Å². The predicted octanol–water partition coefficient (Wildman–Crippen LogP) is 0.195. The summed E-state index contributed by atoms with van der Waals surface area (Å²) >= 11 is 0. The molecule has 5 nitrogen and oxygen atoms in total. The molecule has 14 heavy (non-hydrogen) atoms. The molecule has 0 spiro atoms. The van der Waals surface area contributed by atoms with Gasteiger partial charge in [-0.2, -0.15) is 0 Å². The summed E-state index contributed by atoms with van der Waals surface area (Å²) in [4.78, 5) is 26.5. The van der Waals surface area contributed by atoms with Gasteiger partial charge in [0.2, 0.25) is 5.71 Å². The number of hydrogen-bond acceptors (Lipinski definition) is 4. The highest BCUT2D eigenvalue weighted by molar-refractivity contribution is 5.71. The minimum absolute atomic E-state index is 0.0868. The smallest absolute Gasteiger partial charge is 0.390 e. The fourth-order valence-electron chi connectivity index (χ4n) is 1.21. The third kappa shape index (κ3) is 1.14. The average molecular weight is 192 g/mol. The molecule has 0 fully saturated rings. The number of aromatic nitrogens is 2. The average Bonchev–Trinajstić information content (AvgIpc) is 2.16. The molecular weight excluding hydrogens is 184 g/mol. The number of pyridine rings is 1. The summed E-state index contributed by atoms with van der Waals surface area (Å²) in [7, 11) is 1.37. The summed E-state index contributed by atoms with van der Waals surface area (Å²) in [5.41, 5.74) is 0.555. The van der Waals surface area contributed by atoms with Crippen LogP contribution in [0.1, 0.15) is 5.56 Å². The van der Waals surface area contributed by atoms with Crippen molar-refractivity contribution in [2.75, 3.05) is 0 Å². The van der Waals surface area contributed by atoms with Crippen LogP contribution in [-0.4, -0.2) is 9.55 Å². The topological polar surface area (TPSA) is 65.1 Å². The molecule has 2 aromatic heterocycles. The quantitative estimate of drug-likeness (QED) is 0.597. The standard InChI is InChI=1S/C9H8N2O3/c1-5-3-6-7(10-4-5)14-9(13)11(2)8(6)12/h3-4H,1-2H3. The van der Waals surface area contributed by atoms with Crippen molar-refractivity contribution in [3.05, 3.63) is 38.7 Å². The molecule has 0 aromatic carbocycles. The Labute approximate surface area is 78.6 Å². The van der Waals surface area contributed by atoms with Gasteiger partial charge < -0.3 is 4.42 Å². The van der Waals surface area contributed by atoms with Crippen LogP contribution in [0.5, 0.6) is 0 Å². The lowest BCUT2D eigenvalue weighted by Crippen LogP contribution is -2.29. The maximum Gasteiger partial charge on any atom is 0.423 e. The van der Waals surface area contributed by atoms with Crippen LogP contribution in [0.15, 0.2) is 26.3 Å². The van der Waals surface area contributed by atoms with E-state index < -0.39 is 5.76 Å². The van der Waals surface area contributed by atoms with Gasteiger partial charge in [-0.25, -0.2) is 14.3 Å². The second-order valence-corrected chi connectivity index (χ2v) is 3.10. The molecule has 0 saturated heterocycles. The summed E-state index contributed by atoms with van der Waals surface area (Å²) in [5.74, 6) is -0.696. The molecule has 0 radical (unpaired) electrons. The summed E-state index contributed by atoms with van der Waals surface area (Å²) in [6.07, 6.45) is 1.55. The molecule has 5 heteroatoms. The molecule has 0 amide bonds. The number of fused-ring (bicyclic) bond motifs is 1. The molecule has 0 aliphatic heterocycles. The van der Waals surface area contributed by atoms with Gasteiger partial charge in [0.25, 0.3) is 5.56 Å². The van der Waals surface area contributed by atoms with Gasteiger partial charge in [0.05, 0.1) is 0 Å². The molecule has 0 N–H and O–H groups in total. The van der Waals surface area contributed by atoms with E-state index in [-0.39, 0.29) is 11.3 Å². The Morgan fingerprint density at radius 1 is 1.43 bits per heavy atom. The predicted molar refractivity (Wildman–Crippen MR) is 50.3 cm³/mol. The van der Waals surface area contributed by atoms with Crippen LogP contribution in [0.2, 0.25) is 0 Å². The number of hydrogen-bond donors (Lipinski definition) is 0. The Morgan fingerprint density at radius 2 is 2.14 bits per heavy atom. The Hall–Kier alpha value is -1.91. The third-order valence-corrected chi connectivity index (χ3v) is 1.98. The fraction of sp³-hybridized carbons (Fsp3) is 0.222. The molecule has 2 aromatic rings. The highest BCUT2D eigenvalue weighted by Gasteiger charge is 2.06. The Balaban J connectivity index is 3.07. The second kappa shape index (κ2) is 2.80. The zero-order valence-corrected chi connectivity index (χ0v) is 7.77. The minimum Gasteiger partial charge on any atom is -0.390 e. The maximum absolute atomic E-state index is 11.6. The van der Waals surface area contributed by atoms with Gasteiger partial charge in [-0.15, -0.1) is 0 Å². The molecule has 0 atom stereocenters. The van der Waals surface area contributed by atoms with Crippen LogP contribution in [0.4, 0.5) is 0 Å². The monoisotopic (exact) mass is 192 g/mol. The van der Waals surface area contributed by atoms with Gasteiger partial charge in [0, 0.05) is 13.2 Å². The lowest BCUT2D eigenvalue weighted by Gasteiger charge is -1.98. The molecule has 0 aliphatic carbocycles. The first-order valence-electron chi connectivity index (χ1n) is 4.06. The van der Waals surface area contributed by atoms with Crippen LogP contribution < -0.4 is 11.3 Å². The second-order valence-electron chi connectivity index (χ2n) is 3.10. The van der Waals surface area contributed by atoms with Crippen molar-refractivity contribution in [3.63, 3.8) is 0 Å². The number of rotatable bonds is 0. The first-order chi connectivity index (χ1) is 6.59. The van der Waals surface area contributed by atoms with Crippen molar-refractivity contribution in [3.8, 4) is 0 Å². The van der Waals surface area contributed by atoms with Gasteiger partial charge >= 0.3 is 5.76 Å². The highest BCUT2D eigenvalue weighted by atomic mass is 16.4. The molecule has 0 saturated carbocycles. The minimum atomic E-state index is -0.696. The van der Waals surface area contributed by atoms with Gasteiger partial charge in [-0.05, 0) is 18.6 Å².